The SMILES string of the molecule is c1ccc(-c2ccc(N(c3ccccc3)c3ccc4c(c3)-c3ccccc3[Si]43c4ccccc4Oc4ccccc43)cc2-c2ccccc2)cc1. The smallest absolute Gasteiger partial charge is 0.189 e. The summed E-state index contributed by atoms with van der Waals surface area (Å²) < 4.78 is 6.59. The summed E-state index contributed by atoms with van der Waals surface area (Å²) in [5, 5.41) is 5.45. The highest BCUT2D eigenvalue weighted by Gasteiger charge is 2.53. The van der Waals surface area contributed by atoms with Crippen molar-refractivity contribution < 1.29 is 4.74 Å². The van der Waals surface area contributed by atoms with Crippen LogP contribution in [-0.2, 0) is 0 Å². The lowest BCUT2D eigenvalue weighted by Gasteiger charge is -2.37. The molecule has 8 aromatic rings. The Balaban J connectivity index is 1.21. The van der Waals surface area contributed by atoms with Crippen LogP contribution in [0.15, 0.2) is 200 Å². The summed E-state index contributed by atoms with van der Waals surface area (Å²) in [5.74, 6) is 1.93. The van der Waals surface area contributed by atoms with Gasteiger partial charge in [-0.15, -0.1) is 0 Å². The van der Waals surface area contributed by atoms with Crippen LogP contribution in [0.5, 0.6) is 11.5 Å². The lowest BCUT2D eigenvalue weighted by atomic mass is 9.93. The first kappa shape index (κ1) is 29.5. The van der Waals surface area contributed by atoms with Gasteiger partial charge in [0.1, 0.15) is 11.5 Å². The summed E-state index contributed by atoms with van der Waals surface area (Å²) >= 11 is 0. The molecule has 2 aliphatic heterocycles. The second-order valence-electron chi connectivity index (χ2n) is 13.3. The molecule has 0 aromatic heterocycles. The Morgan fingerprint density at radius 3 is 1.43 bits per heavy atom. The van der Waals surface area contributed by atoms with Gasteiger partial charge in [0.25, 0.3) is 0 Å². The van der Waals surface area contributed by atoms with E-state index in [-0.39, 0.29) is 0 Å². The Bertz CT molecular complexity index is 2520. The van der Waals surface area contributed by atoms with Crippen LogP contribution in [0, 0.1) is 0 Å². The molecule has 1 spiro atoms. The number of ether oxygens (including phenoxy) is 1. The lowest BCUT2D eigenvalue weighted by Crippen LogP contribution is -2.74. The van der Waals surface area contributed by atoms with Gasteiger partial charge in [-0.2, -0.15) is 0 Å². The topological polar surface area (TPSA) is 12.5 Å². The Labute approximate surface area is 299 Å². The van der Waals surface area contributed by atoms with Crippen LogP contribution in [0.3, 0.4) is 0 Å². The minimum Gasteiger partial charge on any atom is -0.458 e. The van der Waals surface area contributed by atoms with Gasteiger partial charge in [-0.05, 0) is 103 Å². The fourth-order valence-corrected chi connectivity index (χ4v) is 13.8. The van der Waals surface area contributed by atoms with Crippen molar-refractivity contribution in [2.75, 3.05) is 4.90 Å². The second kappa shape index (κ2) is 11.9. The molecule has 0 amide bonds. The van der Waals surface area contributed by atoms with Crippen LogP contribution in [0.2, 0.25) is 0 Å². The van der Waals surface area contributed by atoms with Crippen molar-refractivity contribution in [3.8, 4) is 44.9 Å². The largest absolute Gasteiger partial charge is 0.458 e. The highest BCUT2D eigenvalue weighted by Crippen LogP contribution is 2.43. The quantitative estimate of drug-likeness (QED) is 0.170. The molecule has 240 valence electrons. The van der Waals surface area contributed by atoms with Gasteiger partial charge in [0.05, 0.1) is 0 Å². The van der Waals surface area contributed by atoms with E-state index in [1.54, 1.807) is 0 Å². The molecule has 0 unspecified atom stereocenters. The molecule has 8 aromatic carbocycles. The van der Waals surface area contributed by atoms with Gasteiger partial charge in [0.2, 0.25) is 0 Å². The first-order valence-corrected chi connectivity index (χ1v) is 19.5. The van der Waals surface area contributed by atoms with E-state index in [0.29, 0.717) is 0 Å². The molecule has 0 aliphatic carbocycles. The number of benzene rings is 8. The maximum absolute atomic E-state index is 6.59. The average Bonchev–Trinajstić information content (AvgIpc) is 3.49. The standard InChI is InChI=1S/C48H33NOSi/c1-4-16-34(17-5-1)39-30-28-37(32-41(39)35-18-6-2-7-19-35)49(36-20-8-3-9-21-36)38-29-31-46-42(33-38)40-22-10-13-25-45(40)51(46)47-26-14-11-23-43(47)50-44-24-12-15-27-48(44)51/h1-33H. The van der Waals surface area contributed by atoms with E-state index in [0.717, 1.165) is 28.6 Å². The summed E-state index contributed by atoms with van der Waals surface area (Å²) in [6.07, 6.45) is 0. The molecular formula is C48H33NOSi. The molecule has 0 bridgehead atoms. The van der Waals surface area contributed by atoms with Crippen molar-refractivity contribution in [2.24, 2.45) is 0 Å². The third-order valence-corrected chi connectivity index (χ3v) is 15.5. The van der Waals surface area contributed by atoms with E-state index < -0.39 is 8.07 Å². The number of anilines is 3. The summed E-state index contributed by atoms with van der Waals surface area (Å²) in [6.45, 7) is 0. The fraction of sp³-hybridized carbons (Fsp3) is 0. The fourth-order valence-electron chi connectivity index (χ4n) is 8.41. The predicted molar refractivity (Wildman–Crippen MR) is 215 cm³/mol. The third-order valence-electron chi connectivity index (χ3n) is 10.5. The maximum Gasteiger partial charge on any atom is 0.189 e. The van der Waals surface area contributed by atoms with Crippen molar-refractivity contribution in [3.05, 3.63) is 200 Å². The summed E-state index contributed by atoms with van der Waals surface area (Å²) in [7, 11) is -2.66. The monoisotopic (exact) mass is 667 g/mol. The molecule has 0 radical (unpaired) electrons. The van der Waals surface area contributed by atoms with Crippen molar-refractivity contribution in [1.82, 2.24) is 0 Å². The second-order valence-corrected chi connectivity index (χ2v) is 16.9. The van der Waals surface area contributed by atoms with Gasteiger partial charge in [-0.1, -0.05) is 152 Å². The van der Waals surface area contributed by atoms with Gasteiger partial charge in [-0.25, -0.2) is 0 Å². The van der Waals surface area contributed by atoms with Gasteiger partial charge >= 0.3 is 0 Å². The number of hydrogen-bond acceptors (Lipinski definition) is 2. The molecule has 3 heteroatoms. The van der Waals surface area contributed by atoms with E-state index in [1.165, 1.54) is 54.1 Å². The molecule has 2 nitrogen and oxygen atoms in total. The van der Waals surface area contributed by atoms with E-state index in [2.05, 4.69) is 205 Å². The third kappa shape index (κ3) is 4.56. The van der Waals surface area contributed by atoms with Gasteiger partial charge < -0.3 is 9.64 Å². The number of rotatable bonds is 5. The number of hydrogen-bond donors (Lipinski definition) is 0. The first-order chi connectivity index (χ1) is 25.3. The Hall–Kier alpha value is -6.42. The molecule has 2 aliphatic rings. The van der Waals surface area contributed by atoms with Crippen LogP contribution >= 0.6 is 0 Å². The molecule has 0 atom stereocenters. The summed E-state index contributed by atoms with van der Waals surface area (Å²) in [4.78, 5) is 2.41. The van der Waals surface area contributed by atoms with E-state index >= 15 is 0 Å². The van der Waals surface area contributed by atoms with Gasteiger partial charge in [0, 0.05) is 17.1 Å². The first-order valence-electron chi connectivity index (χ1n) is 17.5. The van der Waals surface area contributed by atoms with Crippen LogP contribution in [0.4, 0.5) is 17.1 Å². The van der Waals surface area contributed by atoms with E-state index in [9.17, 15) is 0 Å². The van der Waals surface area contributed by atoms with Crippen molar-refractivity contribution in [3.63, 3.8) is 0 Å². The number of nitrogens with zero attached hydrogens (tertiary/aromatic N) is 1. The van der Waals surface area contributed by atoms with Crippen molar-refractivity contribution >= 4 is 45.9 Å². The van der Waals surface area contributed by atoms with E-state index in [4.69, 9.17) is 4.74 Å². The maximum atomic E-state index is 6.59. The van der Waals surface area contributed by atoms with Crippen LogP contribution in [-0.4, -0.2) is 8.07 Å². The molecular weight excluding hydrogens is 635 g/mol. The minimum atomic E-state index is -2.66. The summed E-state index contributed by atoms with van der Waals surface area (Å²) in [6, 6.07) is 72.7. The van der Waals surface area contributed by atoms with Crippen molar-refractivity contribution in [1.29, 1.82) is 0 Å². The zero-order valence-electron chi connectivity index (χ0n) is 27.9. The molecule has 0 fully saturated rings. The highest BCUT2D eigenvalue weighted by atomic mass is 28.3. The molecule has 0 N–H and O–H groups in total. The molecule has 10 rings (SSSR count). The normalized spacial score (nSPS) is 13.0. The summed E-state index contributed by atoms with van der Waals surface area (Å²) in [5.41, 5.74) is 10.8. The lowest BCUT2D eigenvalue weighted by molar-refractivity contribution is 0.487. The zero-order chi connectivity index (χ0) is 33.8. The van der Waals surface area contributed by atoms with Crippen LogP contribution in [0.1, 0.15) is 0 Å². The highest BCUT2D eigenvalue weighted by molar-refractivity contribution is 7.23. The predicted octanol–water partition coefficient (Wildman–Crippen LogP) is 9.95. The van der Waals surface area contributed by atoms with Gasteiger partial charge in [-0.3, -0.25) is 0 Å². The minimum absolute atomic E-state index is 0.965. The Kier molecular flexibility index (Phi) is 6.86. The van der Waals surface area contributed by atoms with Gasteiger partial charge in [0.15, 0.2) is 8.07 Å². The van der Waals surface area contributed by atoms with Crippen molar-refractivity contribution in [2.45, 2.75) is 0 Å². The Morgan fingerprint density at radius 2 is 0.784 bits per heavy atom. The van der Waals surface area contributed by atoms with Crippen LogP contribution < -0.4 is 30.4 Å². The Morgan fingerprint density at radius 1 is 0.314 bits per heavy atom. The van der Waals surface area contributed by atoms with Crippen LogP contribution in [0.25, 0.3) is 33.4 Å². The zero-order valence-corrected chi connectivity index (χ0v) is 28.9. The molecule has 51 heavy (non-hydrogen) atoms. The average molecular weight is 668 g/mol. The molecule has 2 heterocycles. The number of para-hydroxylation sites is 3. The van der Waals surface area contributed by atoms with E-state index in [1.807, 2.05) is 0 Å². The molecule has 0 saturated heterocycles. The molecule has 0 saturated carbocycles. The number of fused-ring (bicyclic) bond motifs is 9.